The van der Waals surface area contributed by atoms with Gasteiger partial charge in [-0.3, -0.25) is 0 Å². The van der Waals surface area contributed by atoms with Gasteiger partial charge < -0.3 is 9.47 Å². The van der Waals surface area contributed by atoms with Gasteiger partial charge in [-0.15, -0.1) is 20.8 Å². The summed E-state index contributed by atoms with van der Waals surface area (Å²) in [6.45, 7) is 7.27. The molecule has 0 aliphatic heterocycles. The molecule has 0 aromatic heterocycles. The molecule has 0 bridgehead atoms. The number of benzene rings is 3. The third-order valence-electron chi connectivity index (χ3n) is 4.54. The summed E-state index contributed by atoms with van der Waals surface area (Å²) in [5, 5.41) is 1.16. The smallest absolute Gasteiger partial charge is 0.131 e. The van der Waals surface area contributed by atoms with Crippen LogP contribution in [0.2, 0.25) is 0 Å². The molecule has 2 nitrogen and oxygen atoms in total. The molecule has 3 aromatic carbocycles. The van der Waals surface area contributed by atoms with Crippen molar-refractivity contribution >= 4 is 26.1 Å². The van der Waals surface area contributed by atoms with Crippen LogP contribution in [0.4, 0.5) is 0 Å². The van der Waals surface area contributed by atoms with Crippen molar-refractivity contribution < 1.29 is 9.47 Å². The molecule has 0 aliphatic rings. The molecule has 1 unspecified atom stereocenters. The van der Waals surface area contributed by atoms with Crippen LogP contribution < -0.4 is 14.8 Å². The molecule has 160 valence electrons. The lowest BCUT2D eigenvalue weighted by Gasteiger charge is -2.17. The molecule has 0 radical (unpaired) electrons. The van der Waals surface area contributed by atoms with Crippen molar-refractivity contribution in [2.24, 2.45) is 0 Å². The van der Waals surface area contributed by atoms with E-state index < -0.39 is 0 Å². The van der Waals surface area contributed by atoms with Crippen LogP contribution in [-0.2, 0) is 13.0 Å². The van der Waals surface area contributed by atoms with Crippen LogP contribution >= 0.6 is 20.8 Å². The maximum Gasteiger partial charge on any atom is 0.131 e. The predicted molar refractivity (Wildman–Crippen MR) is 134 cm³/mol. The molecule has 30 heavy (non-hydrogen) atoms. The van der Waals surface area contributed by atoms with Crippen molar-refractivity contribution in [1.29, 1.82) is 0 Å². The van der Waals surface area contributed by atoms with Crippen molar-refractivity contribution in [3.63, 3.8) is 0 Å². The maximum atomic E-state index is 6.24. The Morgan fingerprint density at radius 2 is 1.57 bits per heavy atom. The van der Waals surface area contributed by atoms with Gasteiger partial charge >= 0.3 is 0 Å². The fourth-order valence-electron chi connectivity index (χ4n) is 3.00. The average Bonchev–Trinajstić information content (AvgIpc) is 2.80. The van der Waals surface area contributed by atoms with Gasteiger partial charge in [-0.2, -0.15) is 0 Å². The van der Waals surface area contributed by atoms with E-state index in [4.69, 9.17) is 21.1 Å². The third kappa shape index (κ3) is 7.04. The van der Waals surface area contributed by atoms with Crippen molar-refractivity contribution in [2.45, 2.75) is 40.2 Å². The van der Waals surface area contributed by atoms with Gasteiger partial charge in [0.25, 0.3) is 0 Å². The first-order valence-corrected chi connectivity index (χ1v) is 11.7. The number of aryl methyl sites for hydroxylation is 1. The van der Waals surface area contributed by atoms with Gasteiger partial charge in [-0.25, -0.2) is 0 Å². The lowest BCUT2D eigenvalue weighted by molar-refractivity contribution is 0.294. The Labute approximate surface area is 188 Å². The molecule has 3 aromatic rings. The van der Waals surface area contributed by atoms with Crippen LogP contribution in [0.15, 0.2) is 66.7 Å². The number of ether oxygens (including phenoxy) is 2. The number of hydrogen-bond acceptors (Lipinski definition) is 2. The van der Waals surface area contributed by atoms with E-state index in [-0.39, 0.29) is 0 Å². The maximum absolute atomic E-state index is 6.24. The van der Waals surface area contributed by atoms with E-state index in [1.807, 2.05) is 38.1 Å². The fourth-order valence-corrected chi connectivity index (χ4v) is 3.30. The molecule has 4 heteroatoms. The normalized spacial score (nSPS) is 10.2. The van der Waals surface area contributed by atoms with Gasteiger partial charge in [-0.05, 0) is 40.9 Å². The molecule has 0 saturated carbocycles. The van der Waals surface area contributed by atoms with Gasteiger partial charge in [0.05, 0.1) is 6.61 Å². The summed E-state index contributed by atoms with van der Waals surface area (Å²) in [6, 6.07) is 22.9. The number of rotatable bonds is 9. The summed E-state index contributed by atoms with van der Waals surface area (Å²) in [7, 11) is 2.73. The summed E-state index contributed by atoms with van der Waals surface area (Å²) in [6.07, 6.45) is 1.71. The topological polar surface area (TPSA) is 18.5 Å². The van der Waals surface area contributed by atoms with Crippen LogP contribution in [0.5, 0.6) is 11.5 Å². The first-order valence-electron chi connectivity index (χ1n) is 10.6. The van der Waals surface area contributed by atoms with E-state index in [1.54, 1.807) is 0 Å². The molecule has 1 atom stereocenters. The molecular formula is C26H32ClO2P. The quantitative estimate of drug-likeness (QED) is 0.201. The average molecular weight is 443 g/mol. The highest BCUT2D eigenvalue weighted by Crippen LogP contribution is 2.37. The molecule has 0 fully saturated rings. The largest absolute Gasteiger partial charge is 0.493 e. The minimum absolute atomic E-state index is 0.516. The minimum Gasteiger partial charge on any atom is -0.493 e. The number of alkyl halides is 1. The Kier molecular flexibility index (Phi) is 10.8. The second-order valence-corrected chi connectivity index (χ2v) is 7.64. The lowest BCUT2D eigenvalue weighted by Crippen LogP contribution is -2.03. The summed E-state index contributed by atoms with van der Waals surface area (Å²) < 4.78 is 12.2. The molecule has 0 heterocycles. The second-order valence-electron chi connectivity index (χ2n) is 6.60. The predicted octanol–water partition coefficient (Wildman–Crippen LogP) is 7.03. The summed E-state index contributed by atoms with van der Waals surface area (Å²) >= 11 is 5.80. The molecule has 0 aliphatic carbocycles. The van der Waals surface area contributed by atoms with E-state index in [2.05, 4.69) is 58.6 Å². The summed E-state index contributed by atoms with van der Waals surface area (Å²) in [5.41, 5.74) is 4.53. The number of hydrogen-bond donors (Lipinski definition) is 0. The molecule has 0 amide bonds. The van der Waals surface area contributed by atoms with Gasteiger partial charge in [0.1, 0.15) is 18.1 Å². The zero-order valence-electron chi connectivity index (χ0n) is 18.2. The van der Waals surface area contributed by atoms with Crippen LogP contribution in [0, 0.1) is 0 Å². The van der Waals surface area contributed by atoms with Gasteiger partial charge in [0, 0.05) is 17.5 Å². The Hall–Kier alpha value is -2.02. The van der Waals surface area contributed by atoms with E-state index >= 15 is 0 Å². The zero-order chi connectivity index (χ0) is 21.8. The highest BCUT2D eigenvalue weighted by Gasteiger charge is 2.13. The first kappa shape index (κ1) is 24.3. The van der Waals surface area contributed by atoms with Crippen molar-refractivity contribution in [2.75, 3.05) is 12.5 Å². The summed E-state index contributed by atoms with van der Waals surface area (Å²) in [5.74, 6) is 2.30. The standard InChI is InChI=1S/C24H26ClO2P.C2H6/c1-2-19-15-22(20-9-11-21(28)12-10-20)24(16-23(19)26-14-6-13-25)27-17-18-7-4-3-5-8-18;1-2/h3-5,7-12,15-16H,2,6,13-14,17,28H2,1H3;1-2H3. The van der Waals surface area contributed by atoms with E-state index in [9.17, 15) is 0 Å². The first-order chi connectivity index (χ1) is 14.7. The highest BCUT2D eigenvalue weighted by molar-refractivity contribution is 7.27. The van der Waals surface area contributed by atoms with Gasteiger partial charge in [0.15, 0.2) is 0 Å². The Morgan fingerprint density at radius 3 is 2.20 bits per heavy atom. The van der Waals surface area contributed by atoms with Crippen LogP contribution in [0.3, 0.4) is 0 Å². The molecule has 0 spiro atoms. The minimum atomic E-state index is 0.516. The van der Waals surface area contributed by atoms with Crippen molar-refractivity contribution in [3.05, 3.63) is 77.9 Å². The Balaban J connectivity index is 0.00000155. The van der Waals surface area contributed by atoms with E-state index in [0.717, 1.165) is 46.3 Å². The Bertz CT molecular complexity index is 880. The summed E-state index contributed by atoms with van der Waals surface area (Å²) in [4.78, 5) is 0. The SMILES string of the molecule is CC.CCc1cc(-c2ccc(P)cc2)c(OCc2ccccc2)cc1OCCCCl. The molecule has 0 N–H and O–H groups in total. The fraction of sp³-hybridized carbons (Fsp3) is 0.308. The number of halogens is 1. The van der Waals surface area contributed by atoms with Crippen molar-refractivity contribution in [3.8, 4) is 22.6 Å². The highest BCUT2D eigenvalue weighted by atomic mass is 35.5. The van der Waals surface area contributed by atoms with Gasteiger partial charge in [-0.1, -0.05) is 75.4 Å². The zero-order valence-corrected chi connectivity index (χ0v) is 20.1. The van der Waals surface area contributed by atoms with Gasteiger partial charge in [0.2, 0.25) is 0 Å². The van der Waals surface area contributed by atoms with Crippen molar-refractivity contribution in [1.82, 2.24) is 0 Å². The molecule has 0 saturated heterocycles. The van der Waals surface area contributed by atoms with E-state index in [1.165, 1.54) is 5.56 Å². The van der Waals surface area contributed by atoms with Crippen LogP contribution in [-0.4, -0.2) is 12.5 Å². The van der Waals surface area contributed by atoms with Crippen LogP contribution in [0.1, 0.15) is 38.3 Å². The molecular weight excluding hydrogens is 411 g/mol. The Morgan fingerprint density at radius 1 is 0.867 bits per heavy atom. The third-order valence-corrected chi connectivity index (χ3v) is 5.19. The lowest BCUT2D eigenvalue weighted by atomic mass is 10.00. The molecule has 3 rings (SSSR count). The van der Waals surface area contributed by atoms with Crippen LogP contribution in [0.25, 0.3) is 11.1 Å². The van der Waals surface area contributed by atoms with E-state index in [0.29, 0.717) is 19.1 Å². The second kappa shape index (κ2) is 13.3. The monoisotopic (exact) mass is 442 g/mol.